The van der Waals surface area contributed by atoms with Crippen LogP contribution in [-0.4, -0.2) is 40.8 Å². The third-order valence-corrected chi connectivity index (χ3v) is 7.36. The lowest BCUT2D eigenvalue weighted by Crippen LogP contribution is -2.48. The first-order valence-corrected chi connectivity index (χ1v) is 12.8. The summed E-state index contributed by atoms with van der Waals surface area (Å²) < 4.78 is 50.9. The van der Waals surface area contributed by atoms with Crippen molar-refractivity contribution >= 4 is 25.8 Å². The van der Waals surface area contributed by atoms with Gasteiger partial charge in [-0.3, -0.25) is 4.79 Å². The molecule has 1 amide bonds. The van der Waals surface area contributed by atoms with E-state index in [1.165, 1.54) is 12.1 Å². The fourth-order valence-corrected chi connectivity index (χ4v) is 5.32. The highest BCUT2D eigenvalue weighted by atomic mass is 32.2. The summed E-state index contributed by atoms with van der Waals surface area (Å²) in [5.74, 6) is -0.834. The Morgan fingerprint density at radius 3 is 2.38 bits per heavy atom. The smallest absolute Gasteiger partial charge is 0.241 e. The van der Waals surface area contributed by atoms with Crippen LogP contribution in [0.2, 0.25) is 0 Å². The first-order chi connectivity index (χ1) is 13.7. The van der Waals surface area contributed by atoms with Crippen molar-refractivity contribution in [3.05, 3.63) is 65.7 Å². The van der Waals surface area contributed by atoms with Crippen LogP contribution in [0.4, 0.5) is 0 Å². The van der Waals surface area contributed by atoms with E-state index in [0.29, 0.717) is 0 Å². The maximum absolute atomic E-state index is 12.9. The number of hydrogen-bond donors (Lipinski definition) is 2. The zero-order chi connectivity index (χ0) is 21.1. The first-order valence-electron chi connectivity index (χ1n) is 9.29. The third kappa shape index (κ3) is 5.65. The maximum Gasteiger partial charge on any atom is 0.241 e. The van der Waals surface area contributed by atoms with Crippen molar-refractivity contribution in [3.8, 4) is 0 Å². The topological polar surface area (TPSA) is 109 Å². The number of nitrogens with one attached hydrogen (secondary N) is 2. The van der Waals surface area contributed by atoms with Crippen LogP contribution in [0.3, 0.4) is 0 Å². The summed E-state index contributed by atoms with van der Waals surface area (Å²) in [6, 6.07) is 14.0. The molecule has 2 N–H and O–H groups in total. The average molecular weight is 437 g/mol. The van der Waals surface area contributed by atoms with E-state index in [2.05, 4.69) is 10.0 Å². The van der Waals surface area contributed by atoms with E-state index in [1.807, 2.05) is 24.3 Å². The summed E-state index contributed by atoms with van der Waals surface area (Å²) in [5.41, 5.74) is 2.16. The highest BCUT2D eigenvalue weighted by Crippen LogP contribution is 2.30. The number of carbonyl (C=O) groups excluding carboxylic acids is 1. The molecule has 3 rings (SSSR count). The molecular formula is C20H24N2O5S2. The van der Waals surface area contributed by atoms with Crippen LogP contribution in [0, 0.1) is 0 Å². The Balaban J connectivity index is 1.79. The highest BCUT2D eigenvalue weighted by Gasteiger charge is 2.30. The van der Waals surface area contributed by atoms with Crippen LogP contribution in [-0.2, 0) is 31.1 Å². The second kappa shape index (κ2) is 8.64. The van der Waals surface area contributed by atoms with E-state index in [-0.39, 0.29) is 23.1 Å². The van der Waals surface area contributed by atoms with E-state index in [9.17, 15) is 21.6 Å². The van der Waals surface area contributed by atoms with Gasteiger partial charge in [0.15, 0.2) is 0 Å². The Kier molecular flexibility index (Phi) is 6.40. The molecule has 0 heterocycles. The summed E-state index contributed by atoms with van der Waals surface area (Å²) in [4.78, 5) is 12.9. The van der Waals surface area contributed by atoms with E-state index >= 15 is 0 Å². The zero-order valence-corrected chi connectivity index (χ0v) is 17.7. The number of amides is 1. The minimum atomic E-state index is -3.97. The summed E-state index contributed by atoms with van der Waals surface area (Å²) in [6.07, 6.45) is 2.45. The lowest BCUT2D eigenvalue weighted by atomic mass is 10.1. The largest absolute Gasteiger partial charge is 0.348 e. The normalized spacial score (nSPS) is 17.5. The molecule has 0 radical (unpaired) electrons. The summed E-state index contributed by atoms with van der Waals surface area (Å²) in [6.45, 7) is 0. The maximum atomic E-state index is 12.9. The second-order valence-corrected chi connectivity index (χ2v) is 11.2. The van der Waals surface area contributed by atoms with Crippen molar-refractivity contribution in [2.45, 2.75) is 36.2 Å². The number of sulfone groups is 1. The van der Waals surface area contributed by atoms with Crippen LogP contribution in [0.5, 0.6) is 0 Å². The predicted octanol–water partition coefficient (Wildman–Crippen LogP) is 1.57. The monoisotopic (exact) mass is 436 g/mol. The van der Waals surface area contributed by atoms with Gasteiger partial charge >= 0.3 is 0 Å². The van der Waals surface area contributed by atoms with E-state index in [4.69, 9.17) is 0 Å². The van der Waals surface area contributed by atoms with Crippen molar-refractivity contribution in [3.63, 3.8) is 0 Å². The number of carbonyl (C=O) groups is 1. The van der Waals surface area contributed by atoms with Gasteiger partial charge in [-0.2, -0.15) is 4.72 Å². The van der Waals surface area contributed by atoms with E-state index < -0.39 is 31.8 Å². The number of aryl methyl sites for hydroxylation is 1. The van der Waals surface area contributed by atoms with Gasteiger partial charge in [-0.05, 0) is 42.5 Å². The lowest BCUT2D eigenvalue weighted by molar-refractivity contribution is -0.123. The van der Waals surface area contributed by atoms with Gasteiger partial charge in [-0.25, -0.2) is 16.8 Å². The predicted molar refractivity (Wildman–Crippen MR) is 111 cm³/mol. The molecule has 0 aliphatic heterocycles. The molecule has 9 heteroatoms. The van der Waals surface area contributed by atoms with Gasteiger partial charge < -0.3 is 5.32 Å². The van der Waals surface area contributed by atoms with Crippen molar-refractivity contribution in [1.29, 1.82) is 0 Å². The summed E-state index contributed by atoms with van der Waals surface area (Å²) >= 11 is 0. The number of benzene rings is 2. The molecule has 0 saturated heterocycles. The van der Waals surface area contributed by atoms with Gasteiger partial charge in [0.25, 0.3) is 0 Å². The minimum Gasteiger partial charge on any atom is -0.348 e. The van der Waals surface area contributed by atoms with E-state index in [1.54, 1.807) is 18.2 Å². The number of fused-ring (bicyclic) bond motifs is 1. The minimum absolute atomic E-state index is 0.0170. The van der Waals surface area contributed by atoms with Crippen LogP contribution < -0.4 is 10.0 Å². The van der Waals surface area contributed by atoms with Crippen LogP contribution in [0.15, 0.2) is 59.5 Å². The Morgan fingerprint density at radius 2 is 1.69 bits per heavy atom. The van der Waals surface area contributed by atoms with Crippen molar-refractivity contribution in [2.24, 2.45) is 0 Å². The van der Waals surface area contributed by atoms with Crippen molar-refractivity contribution in [2.75, 3.05) is 12.0 Å². The fraction of sp³-hybridized carbons (Fsp3) is 0.350. The molecule has 0 spiro atoms. The average Bonchev–Trinajstić information content (AvgIpc) is 3.08. The Morgan fingerprint density at radius 1 is 1.03 bits per heavy atom. The number of hydrogen-bond acceptors (Lipinski definition) is 5. The van der Waals surface area contributed by atoms with Gasteiger partial charge in [0.05, 0.1) is 16.7 Å². The zero-order valence-electron chi connectivity index (χ0n) is 16.0. The molecule has 2 aromatic carbocycles. The quantitative estimate of drug-likeness (QED) is 0.653. The highest BCUT2D eigenvalue weighted by molar-refractivity contribution is 7.90. The molecule has 2 aromatic rings. The lowest BCUT2D eigenvalue weighted by Gasteiger charge is -2.21. The summed E-state index contributed by atoms with van der Waals surface area (Å²) in [7, 11) is -7.34. The van der Waals surface area contributed by atoms with Gasteiger partial charge in [0, 0.05) is 6.26 Å². The molecule has 2 unspecified atom stereocenters. The Hall–Kier alpha value is -2.23. The van der Waals surface area contributed by atoms with Crippen LogP contribution in [0.1, 0.15) is 30.0 Å². The molecule has 1 aliphatic rings. The molecule has 0 aromatic heterocycles. The molecule has 1 aliphatic carbocycles. The molecule has 0 fully saturated rings. The molecule has 0 bridgehead atoms. The first kappa shape index (κ1) is 21.5. The van der Waals surface area contributed by atoms with Crippen LogP contribution in [0.25, 0.3) is 0 Å². The Bertz CT molecular complexity index is 1080. The standard InChI is InChI=1S/C20H24N2O5S2/c1-28(24,25)14-13-19(22-29(26,27)16-8-3-2-4-9-16)20(23)21-18-12-11-15-7-5-6-10-17(15)18/h2-10,18-19,22H,11-14H2,1H3,(H,21,23). The molecule has 156 valence electrons. The molecule has 29 heavy (non-hydrogen) atoms. The fourth-order valence-electron chi connectivity index (χ4n) is 3.41. The van der Waals surface area contributed by atoms with Crippen molar-refractivity contribution in [1.82, 2.24) is 10.0 Å². The number of rotatable bonds is 8. The van der Waals surface area contributed by atoms with Gasteiger partial charge in [0.1, 0.15) is 15.9 Å². The molecular weight excluding hydrogens is 412 g/mol. The molecule has 0 saturated carbocycles. The van der Waals surface area contributed by atoms with Gasteiger partial charge in [-0.1, -0.05) is 42.5 Å². The van der Waals surface area contributed by atoms with Crippen molar-refractivity contribution < 1.29 is 21.6 Å². The number of sulfonamides is 1. The Labute approximate surface area is 171 Å². The summed E-state index contributed by atoms with van der Waals surface area (Å²) in [5, 5.41) is 2.88. The second-order valence-electron chi connectivity index (χ2n) is 7.20. The van der Waals surface area contributed by atoms with Gasteiger partial charge in [-0.15, -0.1) is 0 Å². The van der Waals surface area contributed by atoms with E-state index in [0.717, 1.165) is 30.2 Å². The SMILES string of the molecule is CS(=O)(=O)CCC(NS(=O)(=O)c1ccccc1)C(=O)NC1CCc2ccccc21. The third-order valence-electron chi connectivity index (χ3n) is 4.89. The van der Waals surface area contributed by atoms with Gasteiger partial charge in [0.2, 0.25) is 15.9 Å². The molecule has 7 nitrogen and oxygen atoms in total. The molecule has 2 atom stereocenters. The van der Waals surface area contributed by atoms with Crippen LogP contribution >= 0.6 is 0 Å².